The summed E-state index contributed by atoms with van der Waals surface area (Å²) in [5, 5.41) is 0.167. The molecule has 0 N–H and O–H groups in total. The summed E-state index contributed by atoms with van der Waals surface area (Å²) in [4.78, 5) is 18.6. The summed E-state index contributed by atoms with van der Waals surface area (Å²) in [5.74, 6) is -0.174. The Bertz CT molecular complexity index is 1000. The predicted octanol–water partition coefficient (Wildman–Crippen LogP) is 6.39. The summed E-state index contributed by atoms with van der Waals surface area (Å²) in [5.41, 5.74) is -3.42. The van der Waals surface area contributed by atoms with Crippen LogP contribution in [0, 0.1) is 0 Å². The highest BCUT2D eigenvalue weighted by Crippen LogP contribution is 2.38. The molecule has 0 aromatic heterocycles. The molecule has 0 aliphatic carbocycles. The van der Waals surface area contributed by atoms with Crippen molar-refractivity contribution < 1.29 is 35.9 Å². The van der Waals surface area contributed by atoms with Crippen LogP contribution in [0.1, 0.15) is 35.3 Å². The number of hydrogen-bond acceptors (Lipinski definition) is 4. The normalized spacial score (nSPS) is 18.3. The van der Waals surface area contributed by atoms with Gasteiger partial charge >= 0.3 is 12.4 Å². The zero-order valence-electron chi connectivity index (χ0n) is 16.9. The van der Waals surface area contributed by atoms with E-state index in [0.717, 1.165) is 4.90 Å². The van der Waals surface area contributed by atoms with Gasteiger partial charge in [-0.3, -0.25) is 9.69 Å². The number of ether oxygens (including phenoxy) is 1. The predicted molar refractivity (Wildman–Crippen MR) is 109 cm³/mol. The number of nitrogens with zero attached hydrogens (tertiary/aromatic N) is 2. The first-order valence-corrected chi connectivity index (χ1v) is 10.5. The van der Waals surface area contributed by atoms with Crippen molar-refractivity contribution in [1.82, 2.24) is 4.90 Å². The highest BCUT2D eigenvalue weighted by atomic mass is 32.2. The van der Waals surface area contributed by atoms with Crippen molar-refractivity contribution in [2.24, 2.45) is 4.99 Å². The molecule has 1 saturated heterocycles. The molecule has 1 amide bonds. The quantitative estimate of drug-likeness (QED) is 0.481. The number of amides is 1. The van der Waals surface area contributed by atoms with Gasteiger partial charge < -0.3 is 4.74 Å². The van der Waals surface area contributed by atoms with Gasteiger partial charge in [-0.1, -0.05) is 23.9 Å². The van der Waals surface area contributed by atoms with Crippen LogP contribution in [0.25, 0.3) is 0 Å². The third-order valence-electron chi connectivity index (χ3n) is 4.54. The average Bonchev–Trinajstić information content (AvgIpc) is 3.07. The first kappa shape index (κ1) is 24.0. The van der Waals surface area contributed by atoms with E-state index < -0.39 is 41.0 Å². The number of benzene rings is 2. The number of alkyl halides is 6. The Balaban J connectivity index is 2.06. The fourth-order valence-corrected chi connectivity index (χ4v) is 4.15. The van der Waals surface area contributed by atoms with Crippen LogP contribution >= 0.6 is 11.8 Å². The zero-order chi connectivity index (χ0) is 23.7. The molecule has 1 atom stereocenters. The Morgan fingerprint density at radius 1 is 1.09 bits per heavy atom. The maximum atomic E-state index is 13.2. The second-order valence-corrected chi connectivity index (χ2v) is 7.91. The van der Waals surface area contributed by atoms with Crippen molar-refractivity contribution in [2.45, 2.75) is 32.2 Å². The molecule has 2 aromatic carbocycles. The molecule has 3 rings (SSSR count). The number of halogens is 6. The maximum absolute atomic E-state index is 13.2. The Labute approximate surface area is 184 Å². The molecule has 1 unspecified atom stereocenters. The zero-order valence-corrected chi connectivity index (χ0v) is 17.7. The van der Waals surface area contributed by atoms with Crippen molar-refractivity contribution in [3.63, 3.8) is 0 Å². The van der Waals surface area contributed by atoms with Gasteiger partial charge in [-0.2, -0.15) is 26.3 Å². The van der Waals surface area contributed by atoms with E-state index in [1.807, 2.05) is 0 Å². The number of thioether (sulfide) groups is 1. The molecule has 0 saturated carbocycles. The number of carbonyl (C=O) groups excluding carboxylic acids is 1. The van der Waals surface area contributed by atoms with E-state index in [1.54, 1.807) is 38.1 Å². The smallest absolute Gasteiger partial charge is 0.416 e. The highest BCUT2D eigenvalue weighted by Gasteiger charge is 2.39. The van der Waals surface area contributed by atoms with E-state index in [1.165, 1.54) is 11.8 Å². The molecular formula is C21H18F6N2O2S. The Morgan fingerprint density at radius 2 is 1.69 bits per heavy atom. The Kier molecular flexibility index (Phi) is 6.77. The SMILES string of the molecule is CCOc1ccccc1N=C1SCC(C)N1C(=O)c1cc(C(F)(F)F)cc(C(F)(F)F)c1. The molecule has 1 fully saturated rings. The number of hydrogen-bond donors (Lipinski definition) is 0. The second-order valence-electron chi connectivity index (χ2n) is 6.92. The van der Waals surface area contributed by atoms with Crippen LogP contribution in [-0.4, -0.2) is 34.4 Å². The minimum Gasteiger partial charge on any atom is -0.492 e. The first-order valence-electron chi connectivity index (χ1n) is 9.48. The van der Waals surface area contributed by atoms with E-state index in [-0.39, 0.29) is 11.2 Å². The first-order chi connectivity index (χ1) is 14.9. The number of rotatable bonds is 4. The third kappa shape index (κ3) is 5.20. The molecule has 1 aliphatic heterocycles. The Morgan fingerprint density at radius 3 is 2.25 bits per heavy atom. The topological polar surface area (TPSA) is 41.9 Å². The summed E-state index contributed by atoms with van der Waals surface area (Å²) < 4.78 is 84.7. The highest BCUT2D eigenvalue weighted by molar-refractivity contribution is 8.14. The molecule has 1 aliphatic rings. The minimum absolute atomic E-state index is 0.00766. The largest absolute Gasteiger partial charge is 0.492 e. The molecule has 172 valence electrons. The lowest BCUT2D eigenvalue weighted by atomic mass is 10.0. The van der Waals surface area contributed by atoms with Gasteiger partial charge in [0.25, 0.3) is 5.91 Å². The fourth-order valence-electron chi connectivity index (χ4n) is 3.05. The molecule has 32 heavy (non-hydrogen) atoms. The lowest BCUT2D eigenvalue weighted by Gasteiger charge is -2.22. The number of carbonyl (C=O) groups is 1. The van der Waals surface area contributed by atoms with E-state index >= 15 is 0 Å². The average molecular weight is 476 g/mol. The monoisotopic (exact) mass is 476 g/mol. The van der Waals surface area contributed by atoms with Crippen molar-refractivity contribution in [2.75, 3.05) is 12.4 Å². The summed E-state index contributed by atoms with van der Waals surface area (Å²) in [6, 6.07) is 7.08. The van der Waals surface area contributed by atoms with Gasteiger partial charge in [-0.25, -0.2) is 4.99 Å². The van der Waals surface area contributed by atoms with E-state index in [4.69, 9.17) is 4.74 Å². The number of amidine groups is 1. The standard InChI is InChI=1S/C21H18F6N2O2S/c1-3-31-17-7-5-4-6-16(17)28-19-29(12(2)11-32-19)18(30)13-8-14(20(22,23)24)10-15(9-13)21(25,26)27/h4-10,12H,3,11H2,1-2H3. The van der Waals surface area contributed by atoms with Gasteiger partial charge in [0.15, 0.2) is 5.17 Å². The van der Waals surface area contributed by atoms with Crippen LogP contribution < -0.4 is 4.74 Å². The van der Waals surface area contributed by atoms with Crippen molar-refractivity contribution in [3.05, 3.63) is 59.2 Å². The summed E-state index contributed by atoms with van der Waals surface area (Å²) in [6.07, 6.45) is -10.1. The molecular weight excluding hydrogens is 458 g/mol. The maximum Gasteiger partial charge on any atom is 0.416 e. The number of para-hydroxylation sites is 2. The molecule has 4 nitrogen and oxygen atoms in total. The van der Waals surface area contributed by atoms with Crippen LogP contribution in [0.5, 0.6) is 5.75 Å². The number of aliphatic imine (C=N–C) groups is 1. The van der Waals surface area contributed by atoms with Crippen LogP contribution in [0.2, 0.25) is 0 Å². The lowest BCUT2D eigenvalue weighted by Crippen LogP contribution is -2.38. The third-order valence-corrected chi connectivity index (χ3v) is 5.73. The lowest BCUT2D eigenvalue weighted by molar-refractivity contribution is -0.143. The summed E-state index contributed by atoms with van der Waals surface area (Å²) in [6.45, 7) is 3.77. The van der Waals surface area contributed by atoms with Gasteiger partial charge in [0, 0.05) is 17.4 Å². The van der Waals surface area contributed by atoms with E-state index in [9.17, 15) is 31.1 Å². The van der Waals surface area contributed by atoms with Gasteiger partial charge in [0.2, 0.25) is 0 Å². The molecule has 0 spiro atoms. The summed E-state index contributed by atoms with van der Waals surface area (Å²) >= 11 is 1.18. The van der Waals surface area contributed by atoms with Gasteiger partial charge in [-0.05, 0) is 44.2 Å². The summed E-state index contributed by atoms with van der Waals surface area (Å²) in [7, 11) is 0. The second kappa shape index (κ2) is 9.05. The molecule has 0 bridgehead atoms. The van der Waals surface area contributed by atoms with Crippen LogP contribution in [-0.2, 0) is 12.4 Å². The van der Waals surface area contributed by atoms with E-state index in [2.05, 4.69) is 4.99 Å². The molecule has 11 heteroatoms. The van der Waals surface area contributed by atoms with E-state index in [0.29, 0.717) is 35.9 Å². The van der Waals surface area contributed by atoms with Crippen molar-refractivity contribution >= 4 is 28.5 Å². The van der Waals surface area contributed by atoms with Crippen molar-refractivity contribution in [1.29, 1.82) is 0 Å². The molecule has 0 radical (unpaired) electrons. The molecule has 2 aromatic rings. The van der Waals surface area contributed by atoms with Gasteiger partial charge in [0.05, 0.1) is 17.7 Å². The molecule has 1 heterocycles. The van der Waals surface area contributed by atoms with Crippen LogP contribution in [0.4, 0.5) is 32.0 Å². The van der Waals surface area contributed by atoms with Crippen LogP contribution in [0.3, 0.4) is 0 Å². The van der Waals surface area contributed by atoms with Crippen molar-refractivity contribution in [3.8, 4) is 5.75 Å². The Hall–Kier alpha value is -2.69. The van der Waals surface area contributed by atoms with Crippen LogP contribution in [0.15, 0.2) is 47.5 Å². The fraction of sp³-hybridized carbons (Fsp3) is 0.333. The minimum atomic E-state index is -5.05. The van der Waals surface area contributed by atoms with Gasteiger partial charge in [-0.15, -0.1) is 0 Å². The van der Waals surface area contributed by atoms with Gasteiger partial charge in [0.1, 0.15) is 11.4 Å².